The van der Waals surface area contributed by atoms with E-state index in [2.05, 4.69) is 58.0 Å². The number of aryl methyl sites for hydroxylation is 1. The van der Waals surface area contributed by atoms with Gasteiger partial charge >= 0.3 is 0 Å². The second kappa shape index (κ2) is 3.82. The molecule has 1 aromatic carbocycles. The summed E-state index contributed by atoms with van der Waals surface area (Å²) in [5, 5.41) is 0. The lowest BCUT2D eigenvalue weighted by Gasteiger charge is -2.31. The molecule has 0 heterocycles. The summed E-state index contributed by atoms with van der Waals surface area (Å²) in [4.78, 5) is 12.7. The molecule has 0 aliphatic heterocycles. The highest BCUT2D eigenvalue weighted by molar-refractivity contribution is 6.07. The molecular formula is C18H22O. The lowest BCUT2D eigenvalue weighted by molar-refractivity contribution is -0.125. The summed E-state index contributed by atoms with van der Waals surface area (Å²) in [7, 11) is 0. The lowest BCUT2D eigenvalue weighted by Crippen LogP contribution is -2.32. The van der Waals surface area contributed by atoms with Crippen LogP contribution in [0.5, 0.6) is 0 Å². The third-order valence-corrected chi connectivity index (χ3v) is 5.76. The van der Waals surface area contributed by atoms with Gasteiger partial charge in [-0.2, -0.15) is 0 Å². The molecule has 2 saturated carbocycles. The van der Waals surface area contributed by atoms with Gasteiger partial charge in [0.15, 0.2) is 5.78 Å². The topological polar surface area (TPSA) is 17.1 Å². The maximum absolute atomic E-state index is 12.7. The monoisotopic (exact) mass is 254 g/mol. The number of benzene rings is 1. The van der Waals surface area contributed by atoms with Crippen LogP contribution in [-0.2, 0) is 4.79 Å². The average molecular weight is 254 g/mol. The number of hydrogen-bond acceptors (Lipinski definition) is 1. The standard InChI is InChI=1S/C18H22O/c1-12-5-7-13(8-6-12)11-14-15-9-10-18(4,16(14)19)17(15,2)3/h5-8,11,15H,9-10H2,1-4H3/t15-,18-/m1/s1. The molecule has 0 unspecified atom stereocenters. The van der Waals surface area contributed by atoms with Gasteiger partial charge in [0.1, 0.15) is 0 Å². The van der Waals surface area contributed by atoms with E-state index in [0.717, 1.165) is 24.0 Å². The first-order valence-corrected chi connectivity index (χ1v) is 7.19. The highest BCUT2D eigenvalue weighted by Gasteiger charge is 2.63. The molecule has 0 amide bonds. The van der Waals surface area contributed by atoms with Crippen molar-refractivity contribution in [3.05, 3.63) is 41.0 Å². The molecule has 2 aliphatic carbocycles. The number of carbonyl (C=O) groups is 1. The van der Waals surface area contributed by atoms with E-state index in [9.17, 15) is 4.79 Å². The zero-order valence-corrected chi connectivity index (χ0v) is 12.3. The highest BCUT2D eigenvalue weighted by Crippen LogP contribution is 2.65. The molecule has 1 nitrogen and oxygen atoms in total. The van der Waals surface area contributed by atoms with E-state index >= 15 is 0 Å². The van der Waals surface area contributed by atoms with E-state index < -0.39 is 0 Å². The third-order valence-electron chi connectivity index (χ3n) is 5.76. The largest absolute Gasteiger partial charge is 0.294 e. The van der Waals surface area contributed by atoms with Gasteiger partial charge in [0, 0.05) is 5.41 Å². The Hall–Kier alpha value is -1.37. The van der Waals surface area contributed by atoms with Gasteiger partial charge in [0.2, 0.25) is 0 Å². The predicted octanol–water partition coefficient (Wildman–Crippen LogP) is 4.40. The molecular weight excluding hydrogens is 232 g/mol. The smallest absolute Gasteiger partial charge is 0.165 e. The van der Waals surface area contributed by atoms with Crippen molar-refractivity contribution in [2.75, 3.05) is 0 Å². The van der Waals surface area contributed by atoms with Gasteiger partial charge in [0.25, 0.3) is 0 Å². The summed E-state index contributed by atoms with van der Waals surface area (Å²) in [6, 6.07) is 8.43. The summed E-state index contributed by atoms with van der Waals surface area (Å²) >= 11 is 0. The highest BCUT2D eigenvalue weighted by atomic mass is 16.1. The van der Waals surface area contributed by atoms with E-state index in [1.165, 1.54) is 5.56 Å². The van der Waals surface area contributed by atoms with Crippen molar-refractivity contribution in [1.29, 1.82) is 0 Å². The Morgan fingerprint density at radius 3 is 2.32 bits per heavy atom. The maximum atomic E-state index is 12.7. The maximum Gasteiger partial charge on any atom is 0.165 e. The van der Waals surface area contributed by atoms with E-state index in [1.807, 2.05) is 0 Å². The molecule has 0 spiro atoms. The molecule has 2 aliphatic rings. The molecule has 1 heteroatoms. The normalized spacial score (nSPS) is 34.2. The number of carbonyl (C=O) groups excluding carboxylic acids is 1. The fourth-order valence-electron chi connectivity index (χ4n) is 3.94. The second-order valence-electron chi connectivity index (χ2n) is 6.98. The molecule has 0 radical (unpaired) electrons. The van der Waals surface area contributed by atoms with Crippen LogP contribution in [0.2, 0.25) is 0 Å². The van der Waals surface area contributed by atoms with Crippen molar-refractivity contribution in [1.82, 2.24) is 0 Å². The molecule has 2 atom stereocenters. The fourth-order valence-corrected chi connectivity index (χ4v) is 3.94. The van der Waals surface area contributed by atoms with Crippen molar-refractivity contribution < 1.29 is 4.79 Å². The summed E-state index contributed by atoms with van der Waals surface area (Å²) in [6.45, 7) is 8.77. The van der Waals surface area contributed by atoms with Crippen LogP contribution in [-0.4, -0.2) is 5.78 Å². The van der Waals surface area contributed by atoms with Crippen molar-refractivity contribution in [2.24, 2.45) is 16.7 Å². The van der Waals surface area contributed by atoms with Gasteiger partial charge in [-0.1, -0.05) is 50.6 Å². The number of Topliss-reactive ketones (excluding diaryl/α,β-unsaturated/α-hetero) is 1. The van der Waals surface area contributed by atoms with Crippen molar-refractivity contribution >= 4 is 11.9 Å². The van der Waals surface area contributed by atoms with E-state index in [4.69, 9.17) is 0 Å². The first-order valence-electron chi connectivity index (χ1n) is 7.19. The van der Waals surface area contributed by atoms with Crippen LogP contribution in [0.15, 0.2) is 29.8 Å². The number of ketones is 1. The quantitative estimate of drug-likeness (QED) is 0.679. The van der Waals surface area contributed by atoms with Gasteiger partial charge in [-0.3, -0.25) is 4.79 Å². The Morgan fingerprint density at radius 1 is 1.16 bits per heavy atom. The Balaban J connectivity index is 2.04. The zero-order chi connectivity index (χ0) is 13.8. The van der Waals surface area contributed by atoms with Crippen LogP contribution in [0.3, 0.4) is 0 Å². The van der Waals surface area contributed by atoms with Gasteiger partial charge < -0.3 is 0 Å². The second-order valence-corrected chi connectivity index (χ2v) is 6.98. The minimum absolute atomic E-state index is 0.112. The van der Waals surface area contributed by atoms with Gasteiger partial charge in [0.05, 0.1) is 0 Å². The molecule has 3 rings (SSSR count). The molecule has 2 fully saturated rings. The van der Waals surface area contributed by atoms with Crippen LogP contribution in [0.4, 0.5) is 0 Å². The van der Waals surface area contributed by atoms with E-state index in [1.54, 1.807) is 0 Å². The molecule has 0 saturated heterocycles. The summed E-state index contributed by atoms with van der Waals surface area (Å²) < 4.78 is 0. The number of fused-ring (bicyclic) bond motifs is 2. The minimum Gasteiger partial charge on any atom is -0.294 e. The first kappa shape index (κ1) is 12.7. The Labute approximate surface area is 115 Å². The first-order chi connectivity index (χ1) is 8.86. The van der Waals surface area contributed by atoms with Crippen molar-refractivity contribution in [3.63, 3.8) is 0 Å². The molecule has 0 aromatic heterocycles. The van der Waals surface area contributed by atoms with Gasteiger partial charge in [-0.15, -0.1) is 0 Å². The summed E-state index contributed by atoms with van der Waals surface area (Å²) in [5.41, 5.74) is 3.44. The Morgan fingerprint density at radius 2 is 1.79 bits per heavy atom. The van der Waals surface area contributed by atoms with Crippen LogP contribution < -0.4 is 0 Å². The van der Waals surface area contributed by atoms with Gasteiger partial charge in [-0.05, 0) is 48.3 Å². The van der Waals surface area contributed by atoms with E-state index in [-0.39, 0.29) is 10.8 Å². The molecule has 19 heavy (non-hydrogen) atoms. The van der Waals surface area contributed by atoms with Crippen LogP contribution in [0.25, 0.3) is 6.08 Å². The molecule has 2 bridgehead atoms. The SMILES string of the molecule is Cc1ccc(C=C2C(=O)[C@@]3(C)CC[C@H]2C3(C)C)cc1. The predicted molar refractivity (Wildman–Crippen MR) is 78.8 cm³/mol. The third kappa shape index (κ3) is 1.57. The number of allylic oxidation sites excluding steroid dienone is 1. The Kier molecular flexibility index (Phi) is 2.54. The summed E-state index contributed by atoms with van der Waals surface area (Å²) in [6.07, 6.45) is 4.33. The van der Waals surface area contributed by atoms with Gasteiger partial charge in [-0.25, -0.2) is 0 Å². The van der Waals surface area contributed by atoms with Crippen LogP contribution >= 0.6 is 0 Å². The van der Waals surface area contributed by atoms with Crippen LogP contribution in [0.1, 0.15) is 44.7 Å². The number of hydrogen-bond donors (Lipinski definition) is 0. The Bertz CT molecular complexity index is 562. The minimum atomic E-state index is -0.145. The molecule has 1 aromatic rings. The number of rotatable bonds is 1. The average Bonchev–Trinajstić information content (AvgIpc) is 2.66. The lowest BCUT2D eigenvalue weighted by atomic mass is 9.70. The fraction of sp³-hybridized carbons (Fsp3) is 0.500. The van der Waals surface area contributed by atoms with Crippen LogP contribution in [0, 0.1) is 23.7 Å². The summed E-state index contributed by atoms with van der Waals surface area (Å²) in [5.74, 6) is 0.820. The van der Waals surface area contributed by atoms with Crippen molar-refractivity contribution in [3.8, 4) is 0 Å². The van der Waals surface area contributed by atoms with Crippen molar-refractivity contribution in [2.45, 2.75) is 40.5 Å². The molecule has 0 N–H and O–H groups in total. The zero-order valence-electron chi connectivity index (χ0n) is 12.3. The molecule has 100 valence electrons. The van der Waals surface area contributed by atoms with E-state index in [0.29, 0.717) is 11.7 Å².